The smallest absolute Gasteiger partial charge is 0.338 e. The average Bonchev–Trinajstić information content (AvgIpc) is 2.47. The molecule has 0 saturated heterocycles. The van der Waals surface area contributed by atoms with Gasteiger partial charge in [-0.1, -0.05) is 64.9 Å². The molecule has 0 radical (unpaired) electrons. The molecule has 0 aromatic carbocycles. The second-order valence-corrected chi connectivity index (χ2v) is 5.52. The molecule has 0 heterocycles. The fraction of sp³-hybridized carbons (Fsp3) is 0.765. The van der Waals surface area contributed by atoms with Gasteiger partial charge in [0.2, 0.25) is 0 Å². The summed E-state index contributed by atoms with van der Waals surface area (Å²) in [7, 11) is 0. The summed E-state index contributed by atoms with van der Waals surface area (Å²) in [5.41, 5.74) is 5.46. The summed E-state index contributed by atoms with van der Waals surface area (Å²) in [5.74, 6) is -1.16. The molecular weight excluding hydrogens is 282 g/mol. The van der Waals surface area contributed by atoms with E-state index in [1.165, 1.54) is 45.4 Å². The highest BCUT2D eigenvalue weighted by atomic mass is 16.6. The highest BCUT2D eigenvalue weighted by Gasteiger charge is 2.18. The molecule has 0 rings (SSSR count). The second-order valence-electron chi connectivity index (χ2n) is 5.52. The number of carbonyl (C=O) groups is 2. The minimum absolute atomic E-state index is 0.0360. The van der Waals surface area contributed by atoms with Crippen LogP contribution in [0.3, 0.4) is 0 Å². The predicted molar refractivity (Wildman–Crippen MR) is 87.1 cm³/mol. The Labute approximate surface area is 134 Å². The first-order chi connectivity index (χ1) is 10.5. The van der Waals surface area contributed by atoms with Crippen LogP contribution in [0.1, 0.15) is 71.6 Å². The van der Waals surface area contributed by atoms with Crippen molar-refractivity contribution in [3.8, 4) is 0 Å². The number of hydrogen-bond acceptors (Lipinski definition) is 5. The van der Waals surface area contributed by atoms with Gasteiger partial charge in [0.1, 0.15) is 0 Å². The van der Waals surface area contributed by atoms with Crippen LogP contribution in [0.15, 0.2) is 12.2 Å². The molecule has 0 bridgehead atoms. The molecule has 0 aromatic heterocycles. The van der Waals surface area contributed by atoms with Crippen LogP contribution in [0, 0.1) is 0 Å². The third-order valence-corrected chi connectivity index (χ3v) is 3.38. The molecular formula is C17H31NO4. The Hall–Kier alpha value is -1.36. The van der Waals surface area contributed by atoms with Crippen LogP contribution in [0.4, 0.5) is 0 Å². The van der Waals surface area contributed by atoms with Crippen molar-refractivity contribution in [3.05, 3.63) is 12.2 Å². The van der Waals surface area contributed by atoms with E-state index in [2.05, 4.69) is 18.2 Å². The number of ether oxygens (including phenoxy) is 2. The van der Waals surface area contributed by atoms with Gasteiger partial charge in [0.25, 0.3) is 0 Å². The van der Waals surface area contributed by atoms with Crippen LogP contribution in [0.2, 0.25) is 0 Å². The Kier molecular flexibility index (Phi) is 12.5. The van der Waals surface area contributed by atoms with E-state index >= 15 is 0 Å². The van der Waals surface area contributed by atoms with Crippen molar-refractivity contribution in [1.29, 1.82) is 0 Å². The van der Waals surface area contributed by atoms with Crippen molar-refractivity contribution < 1.29 is 19.1 Å². The third-order valence-electron chi connectivity index (χ3n) is 3.38. The van der Waals surface area contributed by atoms with Gasteiger partial charge in [-0.25, -0.2) is 4.79 Å². The molecule has 0 spiro atoms. The Morgan fingerprint density at radius 3 is 2.00 bits per heavy atom. The lowest BCUT2D eigenvalue weighted by atomic mass is 10.1. The molecule has 0 amide bonds. The van der Waals surface area contributed by atoms with Crippen molar-refractivity contribution in [2.24, 2.45) is 5.73 Å². The SMILES string of the molecule is C=C(C(=O)OCCCCCCCCCCC)C(N)OC(C)=O. The summed E-state index contributed by atoms with van der Waals surface area (Å²) >= 11 is 0. The summed E-state index contributed by atoms with van der Waals surface area (Å²) in [6.45, 7) is 7.28. The molecule has 5 heteroatoms. The Morgan fingerprint density at radius 2 is 1.50 bits per heavy atom. The monoisotopic (exact) mass is 313 g/mol. The minimum Gasteiger partial charge on any atom is -0.462 e. The van der Waals surface area contributed by atoms with Gasteiger partial charge in [-0.05, 0) is 6.42 Å². The molecule has 0 aliphatic heterocycles. The van der Waals surface area contributed by atoms with E-state index in [0.717, 1.165) is 19.3 Å². The molecule has 1 atom stereocenters. The summed E-state index contributed by atoms with van der Waals surface area (Å²) in [6.07, 6.45) is 9.68. The van der Waals surface area contributed by atoms with E-state index in [-0.39, 0.29) is 5.57 Å². The second kappa shape index (κ2) is 13.3. The fourth-order valence-corrected chi connectivity index (χ4v) is 2.04. The van der Waals surface area contributed by atoms with Gasteiger partial charge in [0.15, 0.2) is 6.23 Å². The largest absolute Gasteiger partial charge is 0.462 e. The van der Waals surface area contributed by atoms with Gasteiger partial charge < -0.3 is 9.47 Å². The van der Waals surface area contributed by atoms with Crippen molar-refractivity contribution in [1.82, 2.24) is 0 Å². The number of nitrogens with two attached hydrogens (primary N) is 1. The van der Waals surface area contributed by atoms with Gasteiger partial charge in [-0.2, -0.15) is 0 Å². The molecule has 0 aromatic rings. The lowest BCUT2D eigenvalue weighted by Crippen LogP contribution is -2.32. The molecule has 0 fully saturated rings. The lowest BCUT2D eigenvalue weighted by molar-refractivity contribution is -0.147. The molecule has 0 saturated carbocycles. The molecule has 5 nitrogen and oxygen atoms in total. The topological polar surface area (TPSA) is 78.6 Å². The maximum absolute atomic E-state index is 11.6. The van der Waals surface area contributed by atoms with Crippen LogP contribution < -0.4 is 5.73 Å². The molecule has 0 aliphatic carbocycles. The van der Waals surface area contributed by atoms with Crippen LogP contribution in [0.5, 0.6) is 0 Å². The Bertz CT molecular complexity index is 342. The number of esters is 2. The van der Waals surface area contributed by atoms with Crippen molar-refractivity contribution in [3.63, 3.8) is 0 Å². The van der Waals surface area contributed by atoms with Crippen molar-refractivity contribution in [2.75, 3.05) is 6.61 Å². The molecule has 128 valence electrons. The highest BCUT2D eigenvalue weighted by Crippen LogP contribution is 2.10. The Morgan fingerprint density at radius 1 is 1.00 bits per heavy atom. The van der Waals surface area contributed by atoms with E-state index in [0.29, 0.717) is 6.61 Å². The number of rotatable bonds is 13. The number of carbonyl (C=O) groups excluding carboxylic acids is 2. The molecule has 22 heavy (non-hydrogen) atoms. The van der Waals surface area contributed by atoms with E-state index in [4.69, 9.17) is 10.5 Å². The lowest BCUT2D eigenvalue weighted by Gasteiger charge is -2.13. The van der Waals surface area contributed by atoms with Crippen LogP contribution in [-0.4, -0.2) is 24.8 Å². The summed E-state index contributed by atoms with van der Waals surface area (Å²) in [5, 5.41) is 0. The highest BCUT2D eigenvalue weighted by molar-refractivity contribution is 5.89. The fourth-order valence-electron chi connectivity index (χ4n) is 2.04. The van der Waals surface area contributed by atoms with Gasteiger partial charge in [-0.3, -0.25) is 10.5 Å². The van der Waals surface area contributed by atoms with Gasteiger partial charge in [-0.15, -0.1) is 0 Å². The molecule has 2 N–H and O–H groups in total. The standard InChI is InChI=1S/C17H31NO4/c1-4-5-6-7-8-9-10-11-12-13-21-17(20)14(2)16(18)22-15(3)19/h16H,2,4-13,18H2,1,3H3. The van der Waals surface area contributed by atoms with Crippen LogP contribution >= 0.6 is 0 Å². The zero-order chi connectivity index (χ0) is 16.8. The zero-order valence-electron chi connectivity index (χ0n) is 14.1. The van der Waals surface area contributed by atoms with Crippen LogP contribution in [-0.2, 0) is 19.1 Å². The molecule has 0 aliphatic rings. The third kappa shape index (κ3) is 11.3. The van der Waals surface area contributed by atoms with E-state index in [1.807, 2.05) is 0 Å². The van der Waals surface area contributed by atoms with E-state index < -0.39 is 18.2 Å². The summed E-state index contributed by atoms with van der Waals surface area (Å²) < 4.78 is 9.73. The normalized spacial score (nSPS) is 11.8. The van der Waals surface area contributed by atoms with E-state index in [9.17, 15) is 9.59 Å². The number of hydrogen-bond donors (Lipinski definition) is 1. The maximum Gasteiger partial charge on any atom is 0.338 e. The van der Waals surface area contributed by atoms with Gasteiger partial charge in [0, 0.05) is 6.92 Å². The minimum atomic E-state index is -1.13. The maximum atomic E-state index is 11.6. The predicted octanol–water partition coefficient (Wildman–Crippen LogP) is 3.46. The summed E-state index contributed by atoms with van der Waals surface area (Å²) in [6, 6.07) is 0. The number of unbranched alkanes of at least 4 members (excludes halogenated alkanes) is 8. The van der Waals surface area contributed by atoms with Crippen molar-refractivity contribution >= 4 is 11.9 Å². The first-order valence-electron chi connectivity index (χ1n) is 8.27. The van der Waals surface area contributed by atoms with Gasteiger partial charge in [0.05, 0.1) is 12.2 Å². The molecule has 1 unspecified atom stereocenters. The first-order valence-corrected chi connectivity index (χ1v) is 8.27. The quantitative estimate of drug-likeness (QED) is 0.244. The Balaban J connectivity index is 3.52. The van der Waals surface area contributed by atoms with Crippen LogP contribution in [0.25, 0.3) is 0 Å². The average molecular weight is 313 g/mol. The zero-order valence-corrected chi connectivity index (χ0v) is 14.1. The summed E-state index contributed by atoms with van der Waals surface area (Å²) in [4.78, 5) is 22.3. The van der Waals surface area contributed by atoms with Crippen molar-refractivity contribution in [2.45, 2.75) is 77.9 Å². The van der Waals surface area contributed by atoms with Gasteiger partial charge >= 0.3 is 11.9 Å². The van der Waals surface area contributed by atoms with E-state index in [1.54, 1.807) is 0 Å². The first kappa shape index (κ1) is 20.6.